The summed E-state index contributed by atoms with van der Waals surface area (Å²) in [4.78, 5) is 72.6. The average Bonchev–Trinajstić information content (AvgIpc) is 1.45. The zero-order chi connectivity index (χ0) is 68.9. The van der Waals surface area contributed by atoms with Gasteiger partial charge in [0, 0.05) is 25.7 Å². The number of carbonyl (C=O) groups excluding carboxylic acids is 4. The number of rotatable bonds is 71. The van der Waals surface area contributed by atoms with Crippen LogP contribution in [-0.2, 0) is 65.4 Å². The number of aliphatic hydroxyl groups is 1. The van der Waals surface area contributed by atoms with Crippen LogP contribution in [0, 0.1) is 23.7 Å². The summed E-state index contributed by atoms with van der Waals surface area (Å²) in [5.41, 5.74) is 0. The van der Waals surface area contributed by atoms with Crippen LogP contribution in [0.5, 0.6) is 0 Å². The van der Waals surface area contributed by atoms with E-state index in [1.54, 1.807) is 0 Å². The van der Waals surface area contributed by atoms with Gasteiger partial charge in [0.15, 0.2) is 12.2 Å². The zero-order valence-electron chi connectivity index (χ0n) is 60.9. The second-order valence-corrected chi connectivity index (χ2v) is 31.3. The second kappa shape index (κ2) is 63.5. The van der Waals surface area contributed by atoms with Gasteiger partial charge in [0.1, 0.15) is 19.3 Å². The van der Waals surface area contributed by atoms with Gasteiger partial charge in [-0.2, -0.15) is 0 Å². The molecule has 0 aromatic carbocycles. The highest BCUT2D eigenvalue weighted by Crippen LogP contribution is 2.45. The van der Waals surface area contributed by atoms with Gasteiger partial charge in [0.2, 0.25) is 0 Å². The minimum Gasteiger partial charge on any atom is -0.462 e. The highest BCUT2D eigenvalue weighted by Gasteiger charge is 2.30. The van der Waals surface area contributed by atoms with E-state index in [-0.39, 0.29) is 25.7 Å². The Morgan fingerprint density at radius 2 is 0.516 bits per heavy atom. The predicted molar refractivity (Wildman–Crippen MR) is 377 cm³/mol. The van der Waals surface area contributed by atoms with Crippen molar-refractivity contribution in [3.8, 4) is 0 Å². The third kappa shape index (κ3) is 67.0. The van der Waals surface area contributed by atoms with E-state index in [0.717, 1.165) is 114 Å². The molecule has 3 N–H and O–H groups in total. The maximum atomic E-state index is 13.1. The topological polar surface area (TPSA) is 237 Å². The molecule has 19 heteroatoms. The Bertz CT molecular complexity index is 1840. The normalized spacial score (nSPS) is 14.5. The number of carbonyl (C=O) groups is 4. The van der Waals surface area contributed by atoms with E-state index in [4.69, 9.17) is 37.0 Å². The Labute approximate surface area is 568 Å². The number of ether oxygens (including phenoxy) is 4. The van der Waals surface area contributed by atoms with Crippen molar-refractivity contribution in [2.75, 3.05) is 39.6 Å². The molecule has 0 fully saturated rings. The van der Waals surface area contributed by atoms with Gasteiger partial charge < -0.3 is 33.8 Å². The highest BCUT2D eigenvalue weighted by molar-refractivity contribution is 7.47. The van der Waals surface area contributed by atoms with Crippen LogP contribution in [0.25, 0.3) is 0 Å². The molecule has 0 saturated carbocycles. The van der Waals surface area contributed by atoms with Crippen LogP contribution < -0.4 is 0 Å². The van der Waals surface area contributed by atoms with Crippen molar-refractivity contribution in [1.29, 1.82) is 0 Å². The van der Waals surface area contributed by atoms with Gasteiger partial charge >= 0.3 is 39.5 Å². The van der Waals surface area contributed by atoms with E-state index in [2.05, 4.69) is 55.4 Å². The van der Waals surface area contributed by atoms with E-state index in [1.165, 1.54) is 167 Å². The van der Waals surface area contributed by atoms with Gasteiger partial charge in [-0.3, -0.25) is 37.3 Å². The minimum absolute atomic E-state index is 0.103. The largest absolute Gasteiger partial charge is 0.472 e. The zero-order valence-corrected chi connectivity index (χ0v) is 62.7. The maximum absolute atomic E-state index is 13.1. The molecule has 0 bridgehead atoms. The van der Waals surface area contributed by atoms with E-state index >= 15 is 0 Å². The van der Waals surface area contributed by atoms with Crippen LogP contribution in [0.3, 0.4) is 0 Å². The van der Waals surface area contributed by atoms with Gasteiger partial charge in [-0.15, -0.1) is 0 Å². The summed E-state index contributed by atoms with van der Waals surface area (Å²) in [5.74, 6) is 0.861. The number of aliphatic hydroxyl groups excluding tert-OH is 1. The van der Waals surface area contributed by atoms with Crippen LogP contribution in [0.1, 0.15) is 370 Å². The molecule has 0 aliphatic heterocycles. The summed E-state index contributed by atoms with van der Waals surface area (Å²) in [5, 5.41) is 10.6. The van der Waals surface area contributed by atoms with E-state index < -0.39 is 97.5 Å². The second-order valence-electron chi connectivity index (χ2n) is 28.4. The average molecular weight is 1370 g/mol. The van der Waals surface area contributed by atoms with E-state index in [0.29, 0.717) is 31.6 Å². The number of hydrogen-bond donors (Lipinski definition) is 3. The van der Waals surface area contributed by atoms with Crippen molar-refractivity contribution >= 4 is 39.5 Å². The lowest BCUT2D eigenvalue weighted by Crippen LogP contribution is -2.30. The molecule has 552 valence electrons. The molecule has 17 nitrogen and oxygen atoms in total. The Balaban J connectivity index is 5.16. The van der Waals surface area contributed by atoms with Crippen LogP contribution in [0.2, 0.25) is 0 Å². The summed E-state index contributed by atoms with van der Waals surface area (Å²) < 4.78 is 68.3. The fraction of sp³-hybridized carbons (Fsp3) is 0.946. The molecule has 3 unspecified atom stereocenters. The lowest BCUT2D eigenvalue weighted by molar-refractivity contribution is -0.161. The first-order chi connectivity index (χ1) is 44.6. The van der Waals surface area contributed by atoms with Crippen molar-refractivity contribution < 1.29 is 80.2 Å². The van der Waals surface area contributed by atoms with Gasteiger partial charge in [-0.25, -0.2) is 9.13 Å². The summed E-state index contributed by atoms with van der Waals surface area (Å²) in [6.07, 6.45) is 47.5. The monoisotopic (exact) mass is 1370 g/mol. The minimum atomic E-state index is -4.96. The van der Waals surface area contributed by atoms with Gasteiger partial charge in [-0.05, 0) is 49.4 Å². The van der Waals surface area contributed by atoms with Crippen molar-refractivity contribution in [1.82, 2.24) is 0 Å². The van der Waals surface area contributed by atoms with Crippen molar-refractivity contribution in [3.63, 3.8) is 0 Å². The number of unbranched alkanes of at least 4 members (excludes halogenated alkanes) is 36. The third-order valence-corrected chi connectivity index (χ3v) is 19.3. The molecule has 93 heavy (non-hydrogen) atoms. The lowest BCUT2D eigenvalue weighted by Gasteiger charge is -2.21. The molecule has 0 saturated heterocycles. The van der Waals surface area contributed by atoms with Gasteiger partial charge in [0.25, 0.3) is 0 Å². The predicted octanol–water partition coefficient (Wildman–Crippen LogP) is 21.3. The van der Waals surface area contributed by atoms with Crippen molar-refractivity contribution in [2.24, 2.45) is 23.7 Å². The van der Waals surface area contributed by atoms with Crippen LogP contribution in [0.15, 0.2) is 0 Å². The molecular formula is C74H144O17P2. The summed E-state index contributed by atoms with van der Waals surface area (Å²) >= 11 is 0. The molecule has 0 radical (unpaired) electrons. The van der Waals surface area contributed by atoms with Crippen LogP contribution >= 0.6 is 15.6 Å². The van der Waals surface area contributed by atoms with E-state index in [1.807, 2.05) is 0 Å². The Morgan fingerprint density at radius 1 is 0.301 bits per heavy atom. The number of esters is 4. The first kappa shape index (κ1) is 91.1. The van der Waals surface area contributed by atoms with Gasteiger partial charge in [-0.1, -0.05) is 319 Å². The SMILES string of the molecule is CCC(C)CCCCCCCCCCC(=O)O[C@H](COC(=O)CCCCCCCCCCCCCCCCCCCCC(C)C)COP(=O)(O)OC[C@@H](O)COP(=O)(O)OC[C@@H](COC(=O)CCCCCCCCC(C)C)OC(=O)CCCCCCCCCCC(C)C. The number of hydrogen-bond acceptors (Lipinski definition) is 15. The fourth-order valence-corrected chi connectivity index (χ4v) is 12.7. The molecule has 0 aliphatic carbocycles. The Kier molecular flexibility index (Phi) is 62.2. The summed E-state index contributed by atoms with van der Waals surface area (Å²) in [6, 6.07) is 0. The molecule has 0 aliphatic rings. The van der Waals surface area contributed by atoms with E-state index in [9.17, 15) is 43.2 Å². The maximum Gasteiger partial charge on any atom is 0.472 e. The molecule has 0 rings (SSSR count). The highest BCUT2D eigenvalue weighted by atomic mass is 31.2. The summed E-state index contributed by atoms with van der Waals surface area (Å²) in [6.45, 7) is 14.1. The number of phosphoric acid groups is 2. The first-order valence-electron chi connectivity index (χ1n) is 38.2. The molecule has 0 aromatic rings. The molecule has 6 atom stereocenters. The Morgan fingerprint density at radius 3 is 0.763 bits per heavy atom. The van der Waals surface area contributed by atoms with Gasteiger partial charge in [0.05, 0.1) is 26.4 Å². The van der Waals surface area contributed by atoms with Crippen molar-refractivity contribution in [2.45, 2.75) is 388 Å². The first-order valence-corrected chi connectivity index (χ1v) is 41.2. The Hall–Kier alpha value is -1.94. The number of phosphoric ester groups is 2. The smallest absolute Gasteiger partial charge is 0.462 e. The third-order valence-electron chi connectivity index (χ3n) is 17.4. The molecule has 0 amide bonds. The molecule has 0 spiro atoms. The van der Waals surface area contributed by atoms with Crippen LogP contribution in [0.4, 0.5) is 0 Å². The molecule has 0 heterocycles. The standard InChI is InChI=1S/C74H144O17P2/c1-9-67(8)53-45-37-28-23-25-31-41-49-57-74(79)90-69(60-84-71(76)54-46-38-29-21-19-17-15-13-11-10-12-14-16-18-20-26-34-42-50-64(2)3)62-88-92(80,81)86-58-68(75)59-87-93(82,83)89-63-70(61-85-72(77)55-47-39-33-32-36-44-52-66(6)7)91-73(78)56-48-40-30-24-22-27-35-43-51-65(4)5/h64-70,75H,9-63H2,1-8H3,(H,80,81)(H,82,83)/t67?,68-,69-,70-/m1/s1. The summed E-state index contributed by atoms with van der Waals surface area (Å²) in [7, 11) is -9.91. The quantitative estimate of drug-likeness (QED) is 0.0222. The molecule has 0 aromatic heterocycles. The molecular weight excluding hydrogens is 1220 g/mol. The lowest BCUT2D eigenvalue weighted by atomic mass is 9.99. The van der Waals surface area contributed by atoms with Crippen LogP contribution in [-0.4, -0.2) is 96.7 Å². The van der Waals surface area contributed by atoms with Crippen molar-refractivity contribution in [3.05, 3.63) is 0 Å². The fourth-order valence-electron chi connectivity index (χ4n) is 11.2.